The lowest BCUT2D eigenvalue weighted by atomic mass is 10.1. The fourth-order valence-electron chi connectivity index (χ4n) is 1.48. The van der Waals surface area contributed by atoms with E-state index in [0.29, 0.717) is 5.56 Å². The number of hydrogen-bond acceptors (Lipinski definition) is 3. The third-order valence-electron chi connectivity index (χ3n) is 3.08. The van der Waals surface area contributed by atoms with Gasteiger partial charge < -0.3 is 15.5 Å². The van der Waals surface area contributed by atoms with Crippen LogP contribution in [0.3, 0.4) is 0 Å². The summed E-state index contributed by atoms with van der Waals surface area (Å²) in [7, 11) is 3.43. The molecule has 110 valence electrons. The maximum atomic E-state index is 11.9. The molecule has 0 bridgehead atoms. The second-order valence-electron chi connectivity index (χ2n) is 5.00. The molecule has 2 N–H and O–H groups in total. The van der Waals surface area contributed by atoms with Gasteiger partial charge in [0.25, 0.3) is 5.91 Å². The van der Waals surface area contributed by atoms with Crippen molar-refractivity contribution < 1.29 is 9.59 Å². The van der Waals surface area contributed by atoms with Gasteiger partial charge in [0.15, 0.2) is 0 Å². The zero-order chi connectivity index (χ0) is 15.1. The van der Waals surface area contributed by atoms with Crippen LogP contribution in [0.15, 0.2) is 24.3 Å². The summed E-state index contributed by atoms with van der Waals surface area (Å²) in [5.41, 5.74) is 1.44. The molecule has 0 radical (unpaired) electrons. The molecule has 0 aliphatic heterocycles. The Morgan fingerprint density at radius 3 is 2.30 bits per heavy atom. The minimum atomic E-state index is -0.0738. The van der Waals surface area contributed by atoms with Gasteiger partial charge in [-0.15, -0.1) is 0 Å². The lowest BCUT2D eigenvalue weighted by molar-refractivity contribution is -0.126. The largest absolute Gasteiger partial charge is 0.376 e. The number of carbonyl (C=O) groups excluding carboxylic acids is 2. The van der Waals surface area contributed by atoms with Crippen LogP contribution in [0.1, 0.15) is 30.6 Å². The quantitative estimate of drug-likeness (QED) is 0.832. The molecule has 1 rings (SSSR count). The first-order valence-electron chi connectivity index (χ1n) is 6.79. The Labute approximate surface area is 120 Å². The van der Waals surface area contributed by atoms with E-state index in [9.17, 15) is 9.59 Å². The Morgan fingerprint density at radius 2 is 1.80 bits per heavy atom. The molecule has 20 heavy (non-hydrogen) atoms. The smallest absolute Gasteiger partial charge is 0.251 e. The highest BCUT2D eigenvalue weighted by Crippen LogP contribution is 2.09. The molecule has 0 saturated carbocycles. The van der Waals surface area contributed by atoms with E-state index < -0.39 is 0 Å². The van der Waals surface area contributed by atoms with Crippen molar-refractivity contribution in [3.63, 3.8) is 0 Å². The minimum Gasteiger partial charge on any atom is -0.376 e. The summed E-state index contributed by atoms with van der Waals surface area (Å²) in [5, 5.41) is 5.93. The van der Waals surface area contributed by atoms with Gasteiger partial charge in [-0.2, -0.15) is 0 Å². The lowest BCUT2D eigenvalue weighted by Crippen LogP contribution is -2.31. The van der Waals surface area contributed by atoms with E-state index in [1.165, 1.54) is 4.90 Å². The molecule has 2 amide bonds. The van der Waals surface area contributed by atoms with Crippen molar-refractivity contribution in [2.75, 3.05) is 26.0 Å². The summed E-state index contributed by atoms with van der Waals surface area (Å²) < 4.78 is 0. The van der Waals surface area contributed by atoms with Crippen LogP contribution in [-0.4, -0.2) is 43.4 Å². The van der Waals surface area contributed by atoms with E-state index in [1.54, 1.807) is 38.4 Å². The summed E-state index contributed by atoms with van der Waals surface area (Å²) in [6.45, 7) is 4.24. The Balaban J connectivity index is 2.56. The van der Waals surface area contributed by atoms with Crippen molar-refractivity contribution in [3.8, 4) is 0 Å². The number of hydrogen-bond donors (Lipinski definition) is 2. The van der Waals surface area contributed by atoms with Crippen LogP contribution >= 0.6 is 0 Å². The molecule has 0 spiro atoms. The van der Waals surface area contributed by atoms with Gasteiger partial charge in [-0.25, -0.2) is 0 Å². The van der Waals surface area contributed by atoms with Crippen molar-refractivity contribution in [1.82, 2.24) is 10.2 Å². The number of amides is 2. The van der Waals surface area contributed by atoms with Gasteiger partial charge in [0.1, 0.15) is 0 Å². The maximum Gasteiger partial charge on any atom is 0.251 e. The summed E-state index contributed by atoms with van der Waals surface area (Å²) in [6.07, 6.45) is 0.901. The second kappa shape index (κ2) is 7.53. The van der Waals surface area contributed by atoms with E-state index in [2.05, 4.69) is 10.6 Å². The SMILES string of the molecule is CCC(C)NC(=O)c1ccc(NCC(=O)N(C)C)cc1. The number of likely N-dealkylation sites (N-methyl/N-ethyl adjacent to an activating group) is 1. The Morgan fingerprint density at radius 1 is 1.20 bits per heavy atom. The molecule has 0 aromatic heterocycles. The third-order valence-corrected chi connectivity index (χ3v) is 3.08. The number of benzene rings is 1. The highest BCUT2D eigenvalue weighted by molar-refractivity contribution is 5.94. The zero-order valence-electron chi connectivity index (χ0n) is 12.6. The Hall–Kier alpha value is -2.04. The molecule has 1 aromatic rings. The van der Waals surface area contributed by atoms with Gasteiger partial charge in [0.05, 0.1) is 6.54 Å². The average molecular weight is 277 g/mol. The first-order chi connectivity index (χ1) is 9.43. The number of rotatable bonds is 6. The molecule has 5 heteroatoms. The standard InChI is InChI=1S/C15H23N3O2/c1-5-11(2)17-15(20)12-6-8-13(9-7-12)16-10-14(19)18(3)4/h6-9,11,16H,5,10H2,1-4H3,(H,17,20). The molecule has 1 unspecified atom stereocenters. The van der Waals surface area contributed by atoms with Gasteiger partial charge in [-0.1, -0.05) is 6.92 Å². The highest BCUT2D eigenvalue weighted by atomic mass is 16.2. The first kappa shape index (κ1) is 16.0. The molecular weight excluding hydrogens is 254 g/mol. The summed E-state index contributed by atoms with van der Waals surface area (Å²) >= 11 is 0. The van der Waals surface area contributed by atoms with Crippen molar-refractivity contribution in [2.45, 2.75) is 26.3 Å². The van der Waals surface area contributed by atoms with Gasteiger partial charge >= 0.3 is 0 Å². The molecule has 0 heterocycles. The zero-order valence-corrected chi connectivity index (χ0v) is 12.6. The van der Waals surface area contributed by atoms with Crippen LogP contribution in [0.25, 0.3) is 0 Å². The van der Waals surface area contributed by atoms with E-state index in [1.807, 2.05) is 13.8 Å². The molecule has 0 aliphatic carbocycles. The Bertz CT molecular complexity index is 455. The van der Waals surface area contributed by atoms with Crippen molar-refractivity contribution >= 4 is 17.5 Å². The van der Waals surface area contributed by atoms with Gasteiger partial charge in [0.2, 0.25) is 5.91 Å². The second-order valence-corrected chi connectivity index (χ2v) is 5.00. The van der Waals surface area contributed by atoms with E-state index in [4.69, 9.17) is 0 Å². The monoisotopic (exact) mass is 277 g/mol. The predicted molar refractivity (Wildman–Crippen MR) is 80.8 cm³/mol. The minimum absolute atomic E-state index is 0.00332. The molecule has 0 aliphatic rings. The first-order valence-corrected chi connectivity index (χ1v) is 6.79. The van der Waals surface area contributed by atoms with Gasteiger partial charge in [-0.3, -0.25) is 9.59 Å². The van der Waals surface area contributed by atoms with Gasteiger partial charge in [-0.05, 0) is 37.6 Å². The lowest BCUT2D eigenvalue weighted by Gasteiger charge is -2.13. The summed E-state index contributed by atoms with van der Waals surface area (Å²) in [5.74, 6) is -0.0705. The highest BCUT2D eigenvalue weighted by Gasteiger charge is 2.08. The van der Waals surface area contributed by atoms with Crippen molar-refractivity contribution in [3.05, 3.63) is 29.8 Å². The molecular formula is C15H23N3O2. The van der Waals surface area contributed by atoms with Crippen LogP contribution in [0.5, 0.6) is 0 Å². The molecule has 1 atom stereocenters. The van der Waals surface area contributed by atoms with Gasteiger partial charge in [0, 0.05) is 31.4 Å². The van der Waals surface area contributed by atoms with Crippen LogP contribution in [-0.2, 0) is 4.79 Å². The topological polar surface area (TPSA) is 61.4 Å². The van der Waals surface area contributed by atoms with Crippen LogP contribution in [0.4, 0.5) is 5.69 Å². The van der Waals surface area contributed by atoms with Crippen LogP contribution in [0.2, 0.25) is 0 Å². The third kappa shape index (κ3) is 4.91. The summed E-state index contributed by atoms with van der Waals surface area (Å²) in [6, 6.07) is 7.27. The molecule has 0 fully saturated rings. The molecule has 1 aromatic carbocycles. The predicted octanol–water partition coefficient (Wildman–Crippen LogP) is 1.71. The van der Waals surface area contributed by atoms with E-state index in [0.717, 1.165) is 12.1 Å². The maximum absolute atomic E-state index is 11.9. The summed E-state index contributed by atoms with van der Waals surface area (Å²) in [4.78, 5) is 24.9. The number of anilines is 1. The average Bonchev–Trinajstić information content (AvgIpc) is 2.44. The number of carbonyl (C=O) groups is 2. The molecule has 5 nitrogen and oxygen atoms in total. The van der Waals surface area contributed by atoms with Crippen molar-refractivity contribution in [1.29, 1.82) is 0 Å². The fraction of sp³-hybridized carbons (Fsp3) is 0.467. The van der Waals surface area contributed by atoms with E-state index in [-0.39, 0.29) is 24.4 Å². The van der Waals surface area contributed by atoms with Crippen LogP contribution in [0, 0.1) is 0 Å². The molecule has 0 saturated heterocycles. The normalized spacial score (nSPS) is 11.6. The Kier molecular flexibility index (Phi) is 6.03. The van der Waals surface area contributed by atoms with Crippen LogP contribution < -0.4 is 10.6 Å². The number of nitrogens with one attached hydrogen (secondary N) is 2. The fourth-order valence-corrected chi connectivity index (χ4v) is 1.48. The van der Waals surface area contributed by atoms with Crippen molar-refractivity contribution in [2.24, 2.45) is 0 Å². The van der Waals surface area contributed by atoms with E-state index >= 15 is 0 Å². The number of nitrogens with zero attached hydrogens (tertiary/aromatic N) is 1.